The van der Waals surface area contributed by atoms with Crippen molar-refractivity contribution in [3.8, 4) is 5.75 Å². The van der Waals surface area contributed by atoms with Crippen molar-refractivity contribution in [2.24, 2.45) is 7.05 Å². The first-order chi connectivity index (χ1) is 13.4. The highest BCUT2D eigenvalue weighted by Gasteiger charge is 2.30. The smallest absolute Gasteiger partial charge is 0.290 e. The van der Waals surface area contributed by atoms with Crippen molar-refractivity contribution in [3.63, 3.8) is 0 Å². The highest BCUT2D eigenvalue weighted by Crippen LogP contribution is 2.29. The Morgan fingerprint density at radius 2 is 1.82 bits per heavy atom. The first kappa shape index (κ1) is 18.5. The highest BCUT2D eigenvalue weighted by molar-refractivity contribution is 7.89. The van der Waals surface area contributed by atoms with Crippen LogP contribution in [-0.4, -0.2) is 60.2 Å². The van der Waals surface area contributed by atoms with Gasteiger partial charge in [0.1, 0.15) is 22.5 Å². The minimum absolute atomic E-state index is 0.100. The molecule has 1 aromatic carbocycles. The zero-order chi connectivity index (χ0) is 19.9. The van der Waals surface area contributed by atoms with Gasteiger partial charge in [0.05, 0.1) is 12.8 Å². The van der Waals surface area contributed by atoms with Gasteiger partial charge >= 0.3 is 0 Å². The number of nitrogens with zero attached hydrogens (tertiary/aromatic N) is 5. The maximum Gasteiger partial charge on any atom is 0.290 e. The highest BCUT2D eigenvalue weighted by atomic mass is 32.2. The van der Waals surface area contributed by atoms with Gasteiger partial charge in [-0.3, -0.25) is 9.20 Å². The number of sulfonamides is 1. The summed E-state index contributed by atoms with van der Waals surface area (Å²) >= 11 is 0. The lowest BCUT2D eigenvalue weighted by Crippen LogP contribution is -2.48. The molecular formula is C18H21N5O4S. The van der Waals surface area contributed by atoms with E-state index < -0.39 is 10.0 Å². The molecular weight excluding hydrogens is 382 g/mol. The number of ether oxygens (including phenoxy) is 1. The number of aromatic nitrogens is 3. The van der Waals surface area contributed by atoms with Crippen LogP contribution in [0.5, 0.6) is 5.75 Å². The molecule has 0 atom stereocenters. The van der Waals surface area contributed by atoms with E-state index in [1.807, 2.05) is 24.3 Å². The largest absolute Gasteiger partial charge is 0.495 e. The summed E-state index contributed by atoms with van der Waals surface area (Å²) in [4.78, 5) is 14.4. The van der Waals surface area contributed by atoms with E-state index in [2.05, 4.69) is 10.00 Å². The van der Waals surface area contributed by atoms with Gasteiger partial charge < -0.3 is 9.64 Å². The summed E-state index contributed by atoms with van der Waals surface area (Å²) < 4.78 is 35.6. The lowest BCUT2D eigenvalue weighted by atomic mass is 10.2. The number of methoxy groups -OCH3 is 1. The molecule has 0 N–H and O–H groups in total. The van der Waals surface area contributed by atoms with Crippen molar-refractivity contribution >= 4 is 21.2 Å². The fraction of sp³-hybridized carbons (Fsp3) is 0.333. The number of rotatable bonds is 4. The van der Waals surface area contributed by atoms with Gasteiger partial charge in [-0.1, -0.05) is 12.1 Å². The second-order valence-corrected chi connectivity index (χ2v) is 8.53. The van der Waals surface area contributed by atoms with Crippen molar-refractivity contribution in [1.82, 2.24) is 18.5 Å². The summed E-state index contributed by atoms with van der Waals surface area (Å²) in [7, 11) is -0.546. The summed E-state index contributed by atoms with van der Waals surface area (Å²) in [6, 6.07) is 9.10. The Morgan fingerprint density at radius 1 is 1.11 bits per heavy atom. The maximum absolute atomic E-state index is 13.1. The van der Waals surface area contributed by atoms with Crippen LogP contribution in [0.4, 0.5) is 5.69 Å². The third-order valence-corrected chi connectivity index (χ3v) is 6.85. The first-order valence-electron chi connectivity index (χ1n) is 8.84. The topological polar surface area (TPSA) is 89.1 Å². The third kappa shape index (κ3) is 3.04. The summed E-state index contributed by atoms with van der Waals surface area (Å²) in [6.07, 6.45) is 2.86. The monoisotopic (exact) mass is 403 g/mol. The predicted octanol–water partition coefficient (Wildman–Crippen LogP) is 0.552. The number of para-hydroxylation sites is 2. The molecule has 1 aliphatic heterocycles. The van der Waals surface area contributed by atoms with E-state index >= 15 is 0 Å². The van der Waals surface area contributed by atoms with Gasteiger partial charge in [0, 0.05) is 39.4 Å². The standard InChI is InChI=1S/C18H21N5O4S/c1-20-18(24)16-11-14(12-22(16)13-19-20)28(25,26)23-9-7-21(8-10-23)15-5-3-4-6-17(15)27-2/h3-6,11-13H,7-10H2,1-2H3. The van der Waals surface area contributed by atoms with E-state index in [0.29, 0.717) is 26.2 Å². The number of aryl methyl sites for hydroxylation is 1. The van der Waals surface area contributed by atoms with Crippen molar-refractivity contribution in [1.29, 1.82) is 0 Å². The average molecular weight is 403 g/mol. The van der Waals surface area contributed by atoms with Crippen LogP contribution in [0.15, 0.2) is 52.5 Å². The van der Waals surface area contributed by atoms with Crippen molar-refractivity contribution in [2.75, 3.05) is 38.2 Å². The lowest BCUT2D eigenvalue weighted by Gasteiger charge is -2.35. The summed E-state index contributed by atoms with van der Waals surface area (Å²) in [6.45, 7) is 1.80. The minimum Gasteiger partial charge on any atom is -0.495 e. The second kappa shape index (κ2) is 6.95. The Kier molecular flexibility index (Phi) is 4.60. The van der Waals surface area contributed by atoms with Crippen LogP contribution < -0.4 is 15.2 Å². The van der Waals surface area contributed by atoms with Gasteiger partial charge in [-0.05, 0) is 18.2 Å². The minimum atomic E-state index is -3.70. The van der Waals surface area contributed by atoms with Crippen LogP contribution in [0, 0.1) is 0 Å². The van der Waals surface area contributed by atoms with E-state index in [1.165, 1.54) is 39.0 Å². The fourth-order valence-corrected chi connectivity index (χ4v) is 4.87. The summed E-state index contributed by atoms with van der Waals surface area (Å²) in [5.41, 5.74) is 0.889. The molecule has 0 radical (unpaired) electrons. The Balaban J connectivity index is 1.57. The molecule has 0 bridgehead atoms. The zero-order valence-electron chi connectivity index (χ0n) is 15.6. The van der Waals surface area contributed by atoms with Crippen LogP contribution in [0.2, 0.25) is 0 Å². The molecule has 1 saturated heterocycles. The van der Waals surface area contributed by atoms with Crippen LogP contribution >= 0.6 is 0 Å². The van der Waals surface area contributed by atoms with Crippen molar-refractivity contribution < 1.29 is 13.2 Å². The maximum atomic E-state index is 13.1. The van der Waals surface area contributed by atoms with Crippen molar-refractivity contribution in [2.45, 2.75) is 4.90 Å². The van der Waals surface area contributed by atoms with Crippen LogP contribution in [0.3, 0.4) is 0 Å². The molecule has 0 amide bonds. The molecule has 3 heterocycles. The van der Waals surface area contributed by atoms with Gasteiger partial charge in [0.2, 0.25) is 10.0 Å². The van der Waals surface area contributed by atoms with Crippen LogP contribution in [0.1, 0.15) is 0 Å². The first-order valence-corrected chi connectivity index (χ1v) is 10.3. The normalized spacial score (nSPS) is 15.9. The molecule has 0 spiro atoms. The molecule has 0 unspecified atom stereocenters. The molecule has 3 aromatic rings. The quantitative estimate of drug-likeness (QED) is 0.632. The molecule has 0 saturated carbocycles. The van der Waals surface area contributed by atoms with E-state index in [-0.39, 0.29) is 16.0 Å². The number of benzene rings is 1. The number of hydrogen-bond donors (Lipinski definition) is 0. The number of piperazine rings is 1. The molecule has 28 heavy (non-hydrogen) atoms. The van der Waals surface area contributed by atoms with Gasteiger partial charge in [-0.2, -0.15) is 9.40 Å². The lowest BCUT2D eigenvalue weighted by molar-refractivity contribution is 0.378. The molecule has 1 aliphatic rings. The molecule has 1 fully saturated rings. The van der Waals surface area contributed by atoms with E-state index in [9.17, 15) is 13.2 Å². The van der Waals surface area contributed by atoms with E-state index in [4.69, 9.17) is 4.74 Å². The van der Waals surface area contributed by atoms with Crippen LogP contribution in [-0.2, 0) is 17.1 Å². The second-order valence-electron chi connectivity index (χ2n) is 6.59. The summed E-state index contributed by atoms with van der Waals surface area (Å²) in [5, 5.41) is 3.91. The molecule has 10 heteroatoms. The summed E-state index contributed by atoms with van der Waals surface area (Å²) in [5.74, 6) is 0.765. The van der Waals surface area contributed by atoms with Gasteiger partial charge in [-0.15, -0.1) is 0 Å². The van der Waals surface area contributed by atoms with Gasteiger partial charge in [0.25, 0.3) is 5.56 Å². The molecule has 148 valence electrons. The van der Waals surface area contributed by atoms with E-state index in [1.54, 1.807) is 7.11 Å². The predicted molar refractivity (Wildman–Crippen MR) is 104 cm³/mol. The molecule has 4 rings (SSSR count). The van der Waals surface area contributed by atoms with Gasteiger partial charge in [0.15, 0.2) is 0 Å². The Labute approximate surface area is 162 Å². The third-order valence-electron chi connectivity index (χ3n) is 4.99. The fourth-order valence-electron chi connectivity index (χ4n) is 3.42. The van der Waals surface area contributed by atoms with Crippen LogP contribution in [0.25, 0.3) is 5.52 Å². The number of fused-ring (bicyclic) bond motifs is 1. The SMILES string of the molecule is COc1ccccc1N1CCN(S(=O)(=O)c2cc3c(=O)n(C)ncn3c2)CC1. The number of anilines is 1. The Morgan fingerprint density at radius 3 is 2.54 bits per heavy atom. The van der Waals surface area contributed by atoms with Gasteiger partial charge in [-0.25, -0.2) is 13.1 Å². The molecule has 2 aromatic heterocycles. The number of hydrogen-bond acceptors (Lipinski definition) is 6. The van der Waals surface area contributed by atoms with Crippen molar-refractivity contribution in [3.05, 3.63) is 53.2 Å². The Bertz CT molecular complexity index is 1180. The molecule has 0 aliphatic carbocycles. The Hall–Kier alpha value is -2.85. The average Bonchev–Trinajstić information content (AvgIpc) is 3.17. The van der Waals surface area contributed by atoms with E-state index in [0.717, 1.165) is 11.4 Å². The zero-order valence-corrected chi connectivity index (χ0v) is 16.5. The molecule has 9 nitrogen and oxygen atoms in total.